The molecule has 5 heteroatoms. The second-order valence-electron chi connectivity index (χ2n) is 10.0. The van der Waals surface area contributed by atoms with E-state index < -0.39 is 29.2 Å². The monoisotopic (exact) mass is 584 g/mol. The van der Waals surface area contributed by atoms with Crippen molar-refractivity contribution in [1.29, 1.82) is 0 Å². The Bertz CT molecular complexity index is 1140. The Hall–Kier alpha value is -2.96. The Balaban J connectivity index is 0.000000921. The first-order chi connectivity index (χ1) is 18.8. The molecule has 4 aromatic rings. The normalized spacial score (nSPS) is 18.0. The fraction of sp³-hybridized carbons (Fsp3) is 0.222. The third-order valence-corrected chi connectivity index (χ3v) is 7.01. The first-order valence-electron chi connectivity index (χ1n) is 13.2. The summed E-state index contributed by atoms with van der Waals surface area (Å²) in [5, 5.41) is 25.2. The van der Waals surface area contributed by atoms with Crippen molar-refractivity contribution < 1.29 is 41.4 Å². The number of hydrogen-bond acceptors (Lipinski definition) is 4. The van der Waals surface area contributed by atoms with E-state index in [1.54, 1.807) is 6.08 Å². The van der Waals surface area contributed by atoms with Crippen molar-refractivity contribution >= 4 is 0 Å². The summed E-state index contributed by atoms with van der Waals surface area (Å²) in [5.41, 5.74) is -0.564. The average Bonchev–Trinajstić information content (AvgIpc) is 3.34. The van der Waals surface area contributed by atoms with Gasteiger partial charge in [-0.15, -0.1) is 6.92 Å². The molecule has 1 saturated heterocycles. The van der Waals surface area contributed by atoms with Crippen LogP contribution in [0.1, 0.15) is 43.0 Å². The van der Waals surface area contributed by atoms with Crippen LogP contribution in [-0.4, -0.2) is 28.2 Å². The molecule has 212 valence electrons. The molecule has 41 heavy (non-hydrogen) atoms. The maximum Gasteiger partial charge on any atom is 2.00 e. The van der Waals surface area contributed by atoms with Gasteiger partial charge in [-0.05, 0) is 36.1 Å². The Kier molecular flexibility index (Phi) is 12.4. The summed E-state index contributed by atoms with van der Waals surface area (Å²) in [7, 11) is 0. The molecular formula is C36H40O4Ti. The van der Waals surface area contributed by atoms with E-state index in [2.05, 4.69) is 6.92 Å². The standard InChI is InChI=1S/C31H30O4.C4H7.CH3.Ti/c1-29(2)34-27(30(32,23-15-7-3-8-16-23)24-17-9-4-10-18-24)28(35-29)31(33,25-19-11-5-12-20-25)26-21-13-6-14-22-26;1-3-4-2;;/h3-22,27-28,32-33H,1-2H3;3-4H,1H2,2H3;1H3;/q;2*-1;+2/b;4-3+;;/t27-,28-;;;/m0.../s1. The van der Waals surface area contributed by atoms with Gasteiger partial charge >= 0.3 is 21.7 Å². The fourth-order valence-corrected chi connectivity index (χ4v) is 5.13. The summed E-state index contributed by atoms with van der Waals surface area (Å²) >= 11 is 0. The van der Waals surface area contributed by atoms with Gasteiger partial charge in [-0.25, -0.2) is 19.1 Å². The SMILES string of the molecule is CC1(C)O[C@H](C(O)(c2ccccc2)c2ccccc2)[C@@H](C(O)(c2ccccc2)c2ccccc2)O1.[CH2-]/C=C/C.[CH3-].[Ti+2]. The maximum absolute atomic E-state index is 12.6. The Morgan fingerprint density at radius 2 is 0.829 bits per heavy atom. The molecule has 0 amide bonds. The summed E-state index contributed by atoms with van der Waals surface area (Å²) in [6, 6.07) is 37.8. The molecule has 0 unspecified atom stereocenters. The minimum Gasteiger partial charge on any atom is -0.378 e. The van der Waals surface area contributed by atoms with Crippen LogP contribution in [0.15, 0.2) is 133 Å². The van der Waals surface area contributed by atoms with Crippen LogP contribution in [-0.2, 0) is 42.4 Å². The largest absolute Gasteiger partial charge is 2.00 e. The van der Waals surface area contributed by atoms with Crippen molar-refractivity contribution in [2.75, 3.05) is 0 Å². The molecule has 4 aromatic carbocycles. The van der Waals surface area contributed by atoms with Crippen molar-refractivity contribution in [3.05, 3.63) is 170 Å². The molecule has 5 rings (SSSR count). The zero-order chi connectivity index (χ0) is 27.9. The molecule has 4 nitrogen and oxygen atoms in total. The van der Waals surface area contributed by atoms with Crippen LogP contribution < -0.4 is 0 Å². The van der Waals surface area contributed by atoms with Gasteiger partial charge in [-0.2, -0.15) is 0 Å². The Labute approximate surface area is 260 Å². The van der Waals surface area contributed by atoms with E-state index in [-0.39, 0.29) is 29.1 Å². The van der Waals surface area contributed by atoms with Crippen LogP contribution in [0.3, 0.4) is 0 Å². The first-order valence-corrected chi connectivity index (χ1v) is 13.2. The number of aliphatic hydroxyl groups is 2. The first kappa shape index (κ1) is 34.2. The third kappa shape index (κ3) is 7.10. The molecule has 0 radical (unpaired) electrons. The third-order valence-electron chi connectivity index (χ3n) is 7.01. The fourth-order valence-electron chi connectivity index (χ4n) is 5.13. The zero-order valence-electron chi connectivity index (χ0n) is 24.3. The number of rotatable bonds is 6. The molecule has 1 aliphatic heterocycles. The van der Waals surface area contributed by atoms with Crippen molar-refractivity contribution in [3.63, 3.8) is 0 Å². The van der Waals surface area contributed by atoms with Crippen LogP contribution in [0.4, 0.5) is 0 Å². The zero-order valence-corrected chi connectivity index (χ0v) is 25.8. The van der Waals surface area contributed by atoms with E-state index in [4.69, 9.17) is 9.47 Å². The van der Waals surface area contributed by atoms with Gasteiger partial charge in [0.05, 0.1) is 0 Å². The molecule has 0 aliphatic carbocycles. The summed E-state index contributed by atoms with van der Waals surface area (Å²) in [6.07, 6.45) is 1.76. The molecule has 0 aromatic heterocycles. The van der Waals surface area contributed by atoms with Crippen molar-refractivity contribution in [2.24, 2.45) is 0 Å². The van der Waals surface area contributed by atoms with E-state index in [9.17, 15) is 10.2 Å². The second-order valence-corrected chi connectivity index (χ2v) is 10.0. The van der Waals surface area contributed by atoms with E-state index >= 15 is 0 Å². The quantitative estimate of drug-likeness (QED) is 0.186. The molecule has 1 aliphatic rings. The minimum absolute atomic E-state index is 0. The molecule has 0 spiro atoms. The van der Waals surface area contributed by atoms with Crippen LogP contribution in [0.25, 0.3) is 0 Å². The Morgan fingerprint density at radius 1 is 0.610 bits per heavy atom. The van der Waals surface area contributed by atoms with Crippen molar-refractivity contribution in [3.8, 4) is 0 Å². The molecule has 1 heterocycles. The van der Waals surface area contributed by atoms with Gasteiger partial charge in [0, 0.05) is 0 Å². The van der Waals surface area contributed by atoms with Crippen LogP contribution in [0.5, 0.6) is 0 Å². The topological polar surface area (TPSA) is 58.9 Å². The molecule has 0 saturated carbocycles. The maximum atomic E-state index is 12.6. The van der Waals surface area contributed by atoms with Gasteiger partial charge in [-0.3, -0.25) is 0 Å². The van der Waals surface area contributed by atoms with E-state index in [0.717, 1.165) is 0 Å². The molecular weight excluding hydrogens is 544 g/mol. The second kappa shape index (κ2) is 14.8. The predicted molar refractivity (Wildman–Crippen MR) is 162 cm³/mol. The summed E-state index contributed by atoms with van der Waals surface area (Å²) in [4.78, 5) is 0. The number of ether oxygens (including phenoxy) is 2. The van der Waals surface area contributed by atoms with E-state index in [1.165, 1.54) is 0 Å². The van der Waals surface area contributed by atoms with Crippen LogP contribution in [0.2, 0.25) is 0 Å². The van der Waals surface area contributed by atoms with Crippen molar-refractivity contribution in [1.82, 2.24) is 0 Å². The van der Waals surface area contributed by atoms with Gasteiger partial charge in [0.25, 0.3) is 0 Å². The summed E-state index contributed by atoms with van der Waals surface area (Å²) in [6.45, 7) is 8.99. The number of hydrogen-bond donors (Lipinski definition) is 2. The molecule has 1 fully saturated rings. The van der Waals surface area contributed by atoms with Gasteiger partial charge in [0.15, 0.2) is 5.79 Å². The molecule has 2 N–H and O–H groups in total. The number of allylic oxidation sites excluding steroid dienone is 2. The van der Waals surface area contributed by atoms with Crippen LogP contribution in [0, 0.1) is 14.4 Å². The van der Waals surface area contributed by atoms with Crippen LogP contribution >= 0.6 is 0 Å². The van der Waals surface area contributed by atoms with E-state index in [0.29, 0.717) is 22.3 Å². The smallest absolute Gasteiger partial charge is 0.378 e. The predicted octanol–water partition coefficient (Wildman–Crippen LogP) is 7.22. The van der Waals surface area contributed by atoms with E-state index in [1.807, 2.05) is 148 Å². The molecule has 0 bridgehead atoms. The van der Waals surface area contributed by atoms with Gasteiger partial charge in [0.2, 0.25) is 0 Å². The Morgan fingerprint density at radius 3 is 1.02 bits per heavy atom. The van der Waals surface area contributed by atoms with Crippen molar-refractivity contribution in [2.45, 2.75) is 50.0 Å². The van der Waals surface area contributed by atoms with Gasteiger partial charge in [0.1, 0.15) is 23.4 Å². The van der Waals surface area contributed by atoms with Gasteiger partial charge in [-0.1, -0.05) is 121 Å². The van der Waals surface area contributed by atoms with Gasteiger partial charge < -0.3 is 27.1 Å². The summed E-state index contributed by atoms with van der Waals surface area (Å²) in [5.74, 6) is -1.05. The average molecular weight is 585 g/mol. The summed E-state index contributed by atoms with van der Waals surface area (Å²) < 4.78 is 13.0. The molecule has 2 atom stereocenters. The number of benzene rings is 4. The minimum atomic E-state index is -1.60.